The summed E-state index contributed by atoms with van der Waals surface area (Å²) in [5.74, 6) is 0.837. The van der Waals surface area contributed by atoms with Crippen molar-refractivity contribution in [3.63, 3.8) is 0 Å². The summed E-state index contributed by atoms with van der Waals surface area (Å²) in [6.45, 7) is 4.64. The van der Waals surface area contributed by atoms with E-state index in [9.17, 15) is 4.79 Å². The lowest BCUT2D eigenvalue weighted by molar-refractivity contribution is 0.111. The van der Waals surface area contributed by atoms with Gasteiger partial charge >= 0.3 is 0 Å². The number of carbonyl (C=O) groups excluding carboxylic acids is 1. The van der Waals surface area contributed by atoms with E-state index in [1.165, 1.54) is 16.9 Å². The van der Waals surface area contributed by atoms with Crippen LogP contribution < -0.4 is 4.74 Å². The number of aromatic nitrogens is 2. The van der Waals surface area contributed by atoms with E-state index < -0.39 is 0 Å². The monoisotopic (exact) mass is 362 g/mol. The second-order valence-corrected chi connectivity index (χ2v) is 6.86. The van der Waals surface area contributed by atoms with E-state index in [1.54, 1.807) is 0 Å². The minimum atomic E-state index is 0.578. The fourth-order valence-electron chi connectivity index (χ4n) is 3.00. The quantitative estimate of drug-likeness (QED) is 0.456. The zero-order chi connectivity index (χ0) is 18.1. The van der Waals surface area contributed by atoms with Gasteiger partial charge in [-0.25, -0.2) is 4.98 Å². The molecule has 4 nitrogen and oxygen atoms in total. The van der Waals surface area contributed by atoms with Crippen LogP contribution in [0.5, 0.6) is 5.75 Å². The van der Waals surface area contributed by atoms with Gasteiger partial charge < -0.3 is 4.74 Å². The Kier molecular flexibility index (Phi) is 4.31. The third-order valence-corrected chi connectivity index (χ3v) is 5.12. The minimum absolute atomic E-state index is 0.578. The molecule has 0 aliphatic carbocycles. The molecule has 5 heteroatoms. The lowest BCUT2D eigenvalue weighted by Gasteiger charge is -2.05. The molecular formula is C21H18N2O2S. The van der Waals surface area contributed by atoms with Gasteiger partial charge in [0.15, 0.2) is 11.2 Å². The minimum Gasteiger partial charge on any atom is -0.494 e. The van der Waals surface area contributed by atoms with Gasteiger partial charge in [0.2, 0.25) is 0 Å². The van der Waals surface area contributed by atoms with Crippen LogP contribution in [-0.2, 0) is 0 Å². The number of fused-ring (bicyclic) bond motifs is 1. The van der Waals surface area contributed by atoms with Crippen LogP contribution in [0.3, 0.4) is 0 Å². The molecule has 0 aliphatic rings. The molecule has 0 saturated carbocycles. The van der Waals surface area contributed by atoms with Gasteiger partial charge in [-0.05, 0) is 43.7 Å². The van der Waals surface area contributed by atoms with E-state index in [4.69, 9.17) is 9.72 Å². The maximum Gasteiger partial charge on any atom is 0.195 e. The van der Waals surface area contributed by atoms with E-state index in [0.717, 1.165) is 39.5 Å². The molecule has 0 N–H and O–H groups in total. The third-order valence-electron chi connectivity index (χ3n) is 4.30. The molecule has 2 aromatic carbocycles. The summed E-state index contributed by atoms with van der Waals surface area (Å²) in [6.07, 6.45) is 0.889. The van der Waals surface area contributed by atoms with Gasteiger partial charge in [0.1, 0.15) is 17.1 Å². The highest BCUT2D eigenvalue weighted by Gasteiger charge is 2.18. The van der Waals surface area contributed by atoms with Gasteiger partial charge in [-0.15, -0.1) is 11.3 Å². The number of carbonyl (C=O) groups is 1. The number of nitrogens with zero attached hydrogens (tertiary/aromatic N) is 2. The van der Waals surface area contributed by atoms with Gasteiger partial charge in [0, 0.05) is 10.9 Å². The molecule has 0 amide bonds. The Morgan fingerprint density at radius 2 is 1.77 bits per heavy atom. The molecule has 0 fully saturated rings. The van der Waals surface area contributed by atoms with Crippen LogP contribution in [0.1, 0.15) is 23.0 Å². The molecule has 26 heavy (non-hydrogen) atoms. The average Bonchev–Trinajstić information content (AvgIpc) is 3.22. The molecule has 2 heterocycles. The van der Waals surface area contributed by atoms with E-state index in [1.807, 2.05) is 72.2 Å². The summed E-state index contributed by atoms with van der Waals surface area (Å²) < 4.78 is 7.44. The Bertz CT molecular complexity index is 1060. The number of thiazole rings is 1. The predicted molar refractivity (Wildman–Crippen MR) is 105 cm³/mol. The number of aryl methyl sites for hydroxylation is 1. The first-order valence-corrected chi connectivity index (χ1v) is 9.34. The molecule has 2 aromatic heterocycles. The van der Waals surface area contributed by atoms with Crippen molar-refractivity contribution in [2.45, 2.75) is 13.8 Å². The lowest BCUT2D eigenvalue weighted by Crippen LogP contribution is -1.95. The normalized spacial score (nSPS) is 11.0. The van der Waals surface area contributed by atoms with Gasteiger partial charge in [0.05, 0.1) is 12.3 Å². The van der Waals surface area contributed by atoms with Crippen LogP contribution in [-0.4, -0.2) is 22.3 Å². The molecule has 130 valence electrons. The van der Waals surface area contributed by atoms with E-state index in [0.29, 0.717) is 12.3 Å². The number of hydrogen-bond acceptors (Lipinski definition) is 4. The lowest BCUT2D eigenvalue weighted by atomic mass is 10.1. The molecule has 0 atom stereocenters. The van der Waals surface area contributed by atoms with Crippen LogP contribution >= 0.6 is 11.3 Å². The fraction of sp³-hybridized carbons (Fsp3) is 0.143. The molecule has 0 spiro atoms. The Labute approximate surface area is 155 Å². The smallest absolute Gasteiger partial charge is 0.195 e. The first-order valence-electron chi connectivity index (χ1n) is 8.46. The summed E-state index contributed by atoms with van der Waals surface area (Å²) in [5.41, 5.74) is 5.41. The molecule has 0 saturated heterocycles. The van der Waals surface area contributed by atoms with Crippen molar-refractivity contribution in [2.75, 3.05) is 6.61 Å². The van der Waals surface area contributed by atoms with Crippen LogP contribution in [0.15, 0.2) is 53.9 Å². The van der Waals surface area contributed by atoms with Crippen molar-refractivity contribution in [1.82, 2.24) is 9.38 Å². The van der Waals surface area contributed by atoms with Crippen molar-refractivity contribution < 1.29 is 9.53 Å². The number of benzene rings is 2. The standard InChI is InChI=1S/C21H18N2O2S/c1-3-25-17-10-8-15(9-11-17)19-13-26-21-22-20(18(12-24)23(19)21)16-6-4-14(2)5-7-16/h4-13H,3H2,1-2H3. The SMILES string of the molecule is CCOc1ccc(-c2csc3nc(-c4ccc(C)cc4)c(C=O)n23)cc1. The van der Waals surface area contributed by atoms with E-state index in [-0.39, 0.29) is 0 Å². The predicted octanol–water partition coefficient (Wildman–Crippen LogP) is 5.25. The number of hydrogen-bond donors (Lipinski definition) is 0. The Balaban J connectivity index is 1.84. The molecule has 0 bridgehead atoms. The highest BCUT2D eigenvalue weighted by atomic mass is 32.1. The molecular weight excluding hydrogens is 344 g/mol. The summed E-state index contributed by atoms with van der Waals surface area (Å²) in [6, 6.07) is 16.0. The summed E-state index contributed by atoms with van der Waals surface area (Å²) in [7, 11) is 0. The fourth-order valence-corrected chi connectivity index (χ4v) is 3.91. The molecule has 0 unspecified atom stereocenters. The van der Waals surface area contributed by atoms with Gasteiger partial charge in [-0.2, -0.15) is 0 Å². The first kappa shape index (κ1) is 16.5. The van der Waals surface area contributed by atoms with Crippen LogP contribution in [0.2, 0.25) is 0 Å². The van der Waals surface area contributed by atoms with E-state index >= 15 is 0 Å². The maximum atomic E-state index is 11.9. The summed E-state index contributed by atoms with van der Waals surface area (Å²) >= 11 is 1.53. The highest BCUT2D eigenvalue weighted by molar-refractivity contribution is 7.15. The number of ether oxygens (including phenoxy) is 1. The van der Waals surface area contributed by atoms with Gasteiger partial charge in [-0.1, -0.05) is 29.8 Å². The zero-order valence-corrected chi connectivity index (χ0v) is 15.4. The summed E-state index contributed by atoms with van der Waals surface area (Å²) in [4.78, 5) is 17.4. The second-order valence-electron chi connectivity index (χ2n) is 6.03. The Hall–Kier alpha value is -2.92. The average molecular weight is 362 g/mol. The molecule has 0 aliphatic heterocycles. The van der Waals surface area contributed by atoms with Crippen LogP contribution in [0.4, 0.5) is 0 Å². The van der Waals surface area contributed by atoms with Crippen LogP contribution in [0, 0.1) is 6.92 Å². The van der Waals surface area contributed by atoms with Crippen molar-refractivity contribution in [3.05, 3.63) is 65.2 Å². The topological polar surface area (TPSA) is 43.6 Å². The van der Waals surface area contributed by atoms with Crippen molar-refractivity contribution in [1.29, 1.82) is 0 Å². The zero-order valence-electron chi connectivity index (χ0n) is 14.6. The highest BCUT2D eigenvalue weighted by Crippen LogP contribution is 2.33. The molecule has 4 aromatic rings. The summed E-state index contributed by atoms with van der Waals surface area (Å²) in [5, 5.41) is 2.03. The third kappa shape index (κ3) is 2.80. The first-order chi connectivity index (χ1) is 12.7. The van der Waals surface area contributed by atoms with Crippen LogP contribution in [0.25, 0.3) is 27.5 Å². The second kappa shape index (κ2) is 6.77. The number of aldehydes is 1. The van der Waals surface area contributed by atoms with Gasteiger partial charge in [-0.3, -0.25) is 9.20 Å². The maximum absolute atomic E-state index is 11.9. The largest absolute Gasteiger partial charge is 0.494 e. The molecule has 4 rings (SSSR count). The van der Waals surface area contributed by atoms with Crippen molar-refractivity contribution in [3.8, 4) is 28.3 Å². The van der Waals surface area contributed by atoms with Crippen molar-refractivity contribution in [2.24, 2.45) is 0 Å². The Morgan fingerprint density at radius 1 is 1.08 bits per heavy atom. The molecule has 0 radical (unpaired) electrons. The Morgan fingerprint density at radius 3 is 2.42 bits per heavy atom. The number of rotatable bonds is 5. The van der Waals surface area contributed by atoms with Crippen molar-refractivity contribution >= 4 is 22.6 Å². The number of imidazole rings is 1. The van der Waals surface area contributed by atoms with E-state index in [2.05, 4.69) is 0 Å². The van der Waals surface area contributed by atoms with Gasteiger partial charge in [0.25, 0.3) is 0 Å².